The lowest BCUT2D eigenvalue weighted by Gasteiger charge is -2.16. The predicted octanol–water partition coefficient (Wildman–Crippen LogP) is 2.96. The molecule has 0 atom stereocenters. The van der Waals surface area contributed by atoms with E-state index in [9.17, 15) is 24.5 Å². The summed E-state index contributed by atoms with van der Waals surface area (Å²) in [5.74, 6) is -1.57. The maximum Gasteiger partial charge on any atom is 0.340 e. The van der Waals surface area contributed by atoms with Crippen molar-refractivity contribution in [1.82, 2.24) is 5.32 Å². The highest BCUT2D eigenvalue weighted by molar-refractivity contribution is 7.99. The second-order valence-corrected chi connectivity index (χ2v) is 7.52. The molecular weight excluding hydrogens is 400 g/mol. The number of benzene rings is 1. The zero-order valence-electron chi connectivity index (χ0n) is 16.9. The number of nitrogens with zero attached hydrogens (tertiary/aromatic N) is 1. The van der Waals surface area contributed by atoms with Gasteiger partial charge in [-0.2, -0.15) is 0 Å². The minimum Gasteiger partial charge on any atom is -0.464 e. The molecule has 1 amide bonds. The van der Waals surface area contributed by atoms with Gasteiger partial charge in [-0.3, -0.25) is 14.9 Å². The van der Waals surface area contributed by atoms with Crippen molar-refractivity contribution in [2.24, 2.45) is 5.92 Å². The van der Waals surface area contributed by atoms with E-state index in [0.29, 0.717) is 16.6 Å². The third kappa shape index (κ3) is 7.72. The van der Waals surface area contributed by atoms with Crippen LogP contribution >= 0.6 is 11.8 Å². The Morgan fingerprint density at radius 1 is 1.14 bits per heavy atom. The molecule has 0 unspecified atom stereocenters. The smallest absolute Gasteiger partial charge is 0.340 e. The molecule has 9 nitrogen and oxygen atoms in total. The lowest BCUT2D eigenvalue weighted by molar-refractivity contribution is -0.387. The van der Waals surface area contributed by atoms with Gasteiger partial charge >= 0.3 is 11.9 Å². The summed E-state index contributed by atoms with van der Waals surface area (Å²) in [4.78, 5) is 47.8. The first-order chi connectivity index (χ1) is 13.7. The van der Waals surface area contributed by atoms with Crippen LogP contribution in [0.3, 0.4) is 0 Å². The SMILES string of the molecule is CCOC(=O)C(NC(=O)c1ccc(SCCC(C)C)c([N+](=O)[O-])c1)C(=O)OCC. The van der Waals surface area contributed by atoms with E-state index in [-0.39, 0.29) is 24.5 Å². The Kier molecular flexibility index (Phi) is 10.1. The van der Waals surface area contributed by atoms with Crippen LogP contribution in [-0.2, 0) is 19.1 Å². The first-order valence-electron chi connectivity index (χ1n) is 9.26. The van der Waals surface area contributed by atoms with E-state index in [2.05, 4.69) is 19.2 Å². The van der Waals surface area contributed by atoms with Crippen molar-refractivity contribution < 1.29 is 28.8 Å². The molecule has 29 heavy (non-hydrogen) atoms. The van der Waals surface area contributed by atoms with Gasteiger partial charge in [0.1, 0.15) is 0 Å². The number of thioether (sulfide) groups is 1. The van der Waals surface area contributed by atoms with Crippen molar-refractivity contribution in [3.05, 3.63) is 33.9 Å². The fourth-order valence-electron chi connectivity index (χ4n) is 2.21. The molecule has 0 bridgehead atoms. The number of nitro benzene ring substituents is 1. The largest absolute Gasteiger partial charge is 0.464 e. The monoisotopic (exact) mass is 426 g/mol. The Hall–Kier alpha value is -2.62. The van der Waals surface area contributed by atoms with Gasteiger partial charge in [-0.25, -0.2) is 9.59 Å². The molecule has 0 radical (unpaired) electrons. The van der Waals surface area contributed by atoms with Crippen LogP contribution < -0.4 is 5.32 Å². The zero-order chi connectivity index (χ0) is 22.0. The fourth-order valence-corrected chi connectivity index (χ4v) is 3.46. The Morgan fingerprint density at radius 2 is 1.72 bits per heavy atom. The first kappa shape index (κ1) is 24.4. The molecule has 1 N–H and O–H groups in total. The quantitative estimate of drug-likeness (QED) is 0.188. The summed E-state index contributed by atoms with van der Waals surface area (Å²) < 4.78 is 9.57. The second kappa shape index (κ2) is 12.1. The van der Waals surface area contributed by atoms with Crippen molar-refractivity contribution in [2.45, 2.75) is 45.1 Å². The molecule has 160 valence electrons. The summed E-state index contributed by atoms with van der Waals surface area (Å²) in [5.41, 5.74) is -0.265. The van der Waals surface area contributed by atoms with Crippen LogP contribution in [0.2, 0.25) is 0 Å². The highest BCUT2D eigenvalue weighted by Crippen LogP contribution is 2.31. The van der Waals surface area contributed by atoms with Crippen LogP contribution in [0.25, 0.3) is 0 Å². The molecule has 1 aromatic rings. The van der Waals surface area contributed by atoms with Gasteiger partial charge in [0.25, 0.3) is 11.6 Å². The third-order valence-electron chi connectivity index (χ3n) is 3.69. The zero-order valence-corrected chi connectivity index (χ0v) is 17.7. The highest BCUT2D eigenvalue weighted by atomic mass is 32.2. The lowest BCUT2D eigenvalue weighted by atomic mass is 10.1. The summed E-state index contributed by atoms with van der Waals surface area (Å²) in [5, 5.41) is 13.6. The molecule has 0 aliphatic carbocycles. The number of nitro groups is 1. The molecule has 1 aromatic carbocycles. The summed E-state index contributed by atoms with van der Waals surface area (Å²) in [6.07, 6.45) is 0.894. The maximum atomic E-state index is 12.5. The summed E-state index contributed by atoms with van der Waals surface area (Å²) >= 11 is 1.34. The van der Waals surface area contributed by atoms with E-state index in [0.717, 1.165) is 12.5 Å². The summed E-state index contributed by atoms with van der Waals surface area (Å²) in [7, 11) is 0. The van der Waals surface area contributed by atoms with E-state index in [1.54, 1.807) is 13.8 Å². The Balaban J connectivity index is 3.03. The van der Waals surface area contributed by atoms with E-state index in [1.165, 1.54) is 23.9 Å². The van der Waals surface area contributed by atoms with Crippen LogP contribution in [0.5, 0.6) is 0 Å². The Morgan fingerprint density at radius 3 is 2.21 bits per heavy atom. The minimum absolute atomic E-state index is 0.0123. The van der Waals surface area contributed by atoms with Gasteiger partial charge in [-0.15, -0.1) is 11.8 Å². The molecule has 0 aliphatic heterocycles. The van der Waals surface area contributed by atoms with Gasteiger partial charge in [-0.1, -0.05) is 13.8 Å². The molecule has 0 heterocycles. The normalized spacial score (nSPS) is 10.7. The fraction of sp³-hybridized carbons (Fsp3) is 0.526. The average Bonchev–Trinajstić information content (AvgIpc) is 2.65. The van der Waals surface area contributed by atoms with Gasteiger partial charge in [0.2, 0.25) is 6.04 Å². The highest BCUT2D eigenvalue weighted by Gasteiger charge is 2.32. The van der Waals surface area contributed by atoms with Gasteiger partial charge in [-0.05, 0) is 44.1 Å². The van der Waals surface area contributed by atoms with Crippen molar-refractivity contribution in [3.8, 4) is 0 Å². The number of esters is 2. The number of hydrogen-bond acceptors (Lipinski definition) is 8. The standard InChI is InChI=1S/C19H26N2O7S/c1-5-27-18(23)16(19(24)28-6-2)20-17(22)13-7-8-15(14(11-13)21(25)26)29-10-9-12(3)4/h7-8,11-12,16H,5-6,9-10H2,1-4H3,(H,20,22). The van der Waals surface area contributed by atoms with E-state index < -0.39 is 28.8 Å². The van der Waals surface area contributed by atoms with Gasteiger partial charge in [0, 0.05) is 11.6 Å². The number of carbonyl (C=O) groups is 3. The van der Waals surface area contributed by atoms with E-state index in [4.69, 9.17) is 9.47 Å². The van der Waals surface area contributed by atoms with Crippen molar-refractivity contribution in [2.75, 3.05) is 19.0 Å². The number of nitrogens with one attached hydrogen (secondary N) is 1. The second-order valence-electron chi connectivity index (χ2n) is 6.38. The van der Waals surface area contributed by atoms with Crippen LogP contribution in [0.15, 0.2) is 23.1 Å². The topological polar surface area (TPSA) is 125 Å². The van der Waals surface area contributed by atoms with Crippen LogP contribution in [-0.4, -0.2) is 47.8 Å². The van der Waals surface area contributed by atoms with Crippen LogP contribution in [0.1, 0.15) is 44.5 Å². The average molecular weight is 426 g/mol. The number of carbonyl (C=O) groups excluding carboxylic acids is 3. The summed E-state index contributed by atoms with van der Waals surface area (Å²) in [6, 6.07) is 2.37. The molecule has 0 saturated carbocycles. The Bertz CT molecular complexity index is 734. The molecule has 0 aliphatic rings. The van der Waals surface area contributed by atoms with Crippen LogP contribution in [0.4, 0.5) is 5.69 Å². The van der Waals surface area contributed by atoms with Gasteiger partial charge in [0.15, 0.2) is 0 Å². The van der Waals surface area contributed by atoms with Crippen molar-refractivity contribution >= 4 is 35.3 Å². The molecule has 10 heteroatoms. The number of hydrogen-bond donors (Lipinski definition) is 1. The lowest BCUT2D eigenvalue weighted by Crippen LogP contribution is -2.48. The van der Waals surface area contributed by atoms with Gasteiger partial charge < -0.3 is 14.8 Å². The molecular formula is C19H26N2O7S. The molecule has 0 fully saturated rings. The Labute approximate surface area is 173 Å². The van der Waals surface area contributed by atoms with Crippen LogP contribution in [0, 0.1) is 16.0 Å². The molecule has 0 aromatic heterocycles. The minimum atomic E-state index is -1.65. The third-order valence-corrected chi connectivity index (χ3v) is 4.79. The van der Waals surface area contributed by atoms with Gasteiger partial charge in [0.05, 0.1) is 23.0 Å². The number of ether oxygens (including phenoxy) is 2. The maximum absolute atomic E-state index is 12.5. The molecule has 0 saturated heterocycles. The molecule has 0 spiro atoms. The van der Waals surface area contributed by atoms with Crippen molar-refractivity contribution in [3.63, 3.8) is 0 Å². The van der Waals surface area contributed by atoms with Crippen molar-refractivity contribution in [1.29, 1.82) is 0 Å². The number of amides is 1. The predicted molar refractivity (Wildman–Crippen MR) is 108 cm³/mol. The summed E-state index contributed by atoms with van der Waals surface area (Å²) in [6.45, 7) is 7.26. The van der Waals surface area contributed by atoms with E-state index >= 15 is 0 Å². The first-order valence-corrected chi connectivity index (χ1v) is 10.2. The van der Waals surface area contributed by atoms with E-state index in [1.807, 2.05) is 0 Å². The number of rotatable bonds is 11. The molecule has 1 rings (SSSR count).